The molecule has 0 aliphatic heterocycles. The van der Waals surface area contributed by atoms with Gasteiger partial charge in [-0.1, -0.05) is 13.8 Å². The summed E-state index contributed by atoms with van der Waals surface area (Å²) in [4.78, 5) is 14.1. The quantitative estimate of drug-likeness (QED) is 0.902. The van der Waals surface area contributed by atoms with E-state index in [2.05, 4.69) is 34.1 Å². The SMILES string of the molecule is Cc1nc(-c2cnccn2)sc1CNC(C)C. The number of nitrogens with one attached hydrogen (secondary N) is 1. The third-order valence-electron chi connectivity index (χ3n) is 2.35. The number of hydrogen-bond donors (Lipinski definition) is 1. The first-order valence-corrected chi connectivity index (χ1v) is 6.44. The Morgan fingerprint density at radius 3 is 2.82 bits per heavy atom. The maximum absolute atomic E-state index is 4.53. The predicted molar refractivity (Wildman–Crippen MR) is 69.9 cm³/mol. The van der Waals surface area contributed by atoms with Gasteiger partial charge in [-0.25, -0.2) is 4.98 Å². The minimum Gasteiger partial charge on any atom is -0.310 e. The highest BCUT2D eigenvalue weighted by Gasteiger charge is 2.10. The molecule has 2 heterocycles. The maximum Gasteiger partial charge on any atom is 0.144 e. The van der Waals surface area contributed by atoms with Crippen LogP contribution in [0.1, 0.15) is 24.4 Å². The first-order valence-electron chi connectivity index (χ1n) is 5.63. The van der Waals surface area contributed by atoms with Crippen LogP contribution < -0.4 is 5.32 Å². The Balaban J connectivity index is 2.19. The Kier molecular flexibility index (Phi) is 3.81. The Labute approximate surface area is 105 Å². The topological polar surface area (TPSA) is 50.7 Å². The molecule has 5 heteroatoms. The highest BCUT2D eigenvalue weighted by atomic mass is 32.1. The molecule has 0 spiro atoms. The van der Waals surface area contributed by atoms with E-state index in [1.807, 2.05) is 6.92 Å². The Bertz CT molecular complexity index is 479. The molecule has 2 rings (SSSR count). The summed E-state index contributed by atoms with van der Waals surface area (Å²) in [5, 5.41) is 4.34. The minimum absolute atomic E-state index is 0.483. The standard InChI is InChI=1S/C12H16N4S/c1-8(2)15-7-11-9(3)16-12(17-11)10-6-13-4-5-14-10/h4-6,8,15H,7H2,1-3H3. The van der Waals surface area contributed by atoms with Gasteiger partial charge >= 0.3 is 0 Å². The van der Waals surface area contributed by atoms with E-state index >= 15 is 0 Å². The van der Waals surface area contributed by atoms with Crippen molar-refractivity contribution in [2.24, 2.45) is 0 Å². The van der Waals surface area contributed by atoms with E-state index in [4.69, 9.17) is 0 Å². The molecule has 17 heavy (non-hydrogen) atoms. The maximum atomic E-state index is 4.53. The van der Waals surface area contributed by atoms with Crippen LogP contribution in [-0.2, 0) is 6.54 Å². The lowest BCUT2D eigenvalue weighted by molar-refractivity contribution is 0.591. The van der Waals surface area contributed by atoms with Gasteiger partial charge in [-0.15, -0.1) is 11.3 Å². The number of nitrogens with zero attached hydrogens (tertiary/aromatic N) is 3. The fourth-order valence-corrected chi connectivity index (χ4v) is 2.38. The van der Waals surface area contributed by atoms with E-state index < -0.39 is 0 Å². The number of thiazole rings is 1. The van der Waals surface area contributed by atoms with E-state index in [1.165, 1.54) is 4.88 Å². The summed E-state index contributed by atoms with van der Waals surface area (Å²) in [7, 11) is 0. The second kappa shape index (κ2) is 5.33. The van der Waals surface area contributed by atoms with Crippen molar-refractivity contribution in [1.82, 2.24) is 20.3 Å². The second-order valence-corrected chi connectivity index (χ2v) is 5.24. The van der Waals surface area contributed by atoms with Crippen molar-refractivity contribution in [2.75, 3.05) is 0 Å². The molecule has 0 aliphatic carbocycles. The molecule has 0 aromatic carbocycles. The van der Waals surface area contributed by atoms with Crippen molar-refractivity contribution in [1.29, 1.82) is 0 Å². The lowest BCUT2D eigenvalue weighted by atomic mass is 10.3. The molecule has 0 atom stereocenters. The van der Waals surface area contributed by atoms with Gasteiger partial charge in [-0.05, 0) is 6.92 Å². The molecule has 90 valence electrons. The molecule has 0 bridgehead atoms. The van der Waals surface area contributed by atoms with Crippen molar-refractivity contribution in [3.05, 3.63) is 29.2 Å². The zero-order chi connectivity index (χ0) is 12.3. The second-order valence-electron chi connectivity index (χ2n) is 4.15. The number of aryl methyl sites for hydroxylation is 1. The molecule has 4 nitrogen and oxygen atoms in total. The van der Waals surface area contributed by atoms with Gasteiger partial charge in [0.15, 0.2) is 0 Å². The predicted octanol–water partition coefficient (Wildman–Crippen LogP) is 2.41. The number of rotatable bonds is 4. The van der Waals surface area contributed by atoms with E-state index in [1.54, 1.807) is 29.9 Å². The van der Waals surface area contributed by atoms with Crippen molar-refractivity contribution in [2.45, 2.75) is 33.4 Å². The minimum atomic E-state index is 0.483. The summed E-state index contributed by atoms with van der Waals surface area (Å²) in [6, 6.07) is 0.483. The van der Waals surface area contributed by atoms with Crippen LogP contribution in [0.2, 0.25) is 0 Å². The molecule has 0 amide bonds. The van der Waals surface area contributed by atoms with Gasteiger partial charge < -0.3 is 5.32 Å². The fraction of sp³-hybridized carbons (Fsp3) is 0.417. The molecule has 2 aromatic rings. The van der Waals surface area contributed by atoms with E-state index in [-0.39, 0.29) is 0 Å². The van der Waals surface area contributed by atoms with Crippen LogP contribution >= 0.6 is 11.3 Å². The summed E-state index contributed by atoms with van der Waals surface area (Å²) < 4.78 is 0. The third kappa shape index (κ3) is 3.08. The van der Waals surface area contributed by atoms with Gasteiger partial charge in [0.25, 0.3) is 0 Å². The van der Waals surface area contributed by atoms with E-state index in [9.17, 15) is 0 Å². The van der Waals surface area contributed by atoms with Crippen LogP contribution in [0, 0.1) is 6.92 Å². The summed E-state index contributed by atoms with van der Waals surface area (Å²) in [6.07, 6.45) is 5.11. The van der Waals surface area contributed by atoms with E-state index in [0.29, 0.717) is 6.04 Å². The van der Waals surface area contributed by atoms with Gasteiger partial charge in [-0.2, -0.15) is 0 Å². The molecule has 0 fully saturated rings. The summed E-state index contributed by atoms with van der Waals surface area (Å²) in [5.74, 6) is 0. The highest BCUT2D eigenvalue weighted by Crippen LogP contribution is 2.25. The van der Waals surface area contributed by atoms with Crippen LogP contribution in [0.15, 0.2) is 18.6 Å². The van der Waals surface area contributed by atoms with Gasteiger partial charge in [0, 0.05) is 29.9 Å². The van der Waals surface area contributed by atoms with Crippen molar-refractivity contribution in [3.8, 4) is 10.7 Å². The first-order chi connectivity index (χ1) is 8.16. The molecular weight excluding hydrogens is 232 g/mol. The van der Waals surface area contributed by atoms with Crippen LogP contribution in [0.3, 0.4) is 0 Å². The summed E-state index contributed by atoms with van der Waals surface area (Å²) in [5.41, 5.74) is 1.92. The molecule has 2 aromatic heterocycles. The Morgan fingerprint density at radius 1 is 1.35 bits per heavy atom. The number of aromatic nitrogens is 3. The zero-order valence-electron chi connectivity index (χ0n) is 10.3. The third-order valence-corrected chi connectivity index (χ3v) is 3.53. The summed E-state index contributed by atoms with van der Waals surface area (Å²) in [6.45, 7) is 7.18. The molecule has 0 saturated heterocycles. The Hall–Kier alpha value is -1.33. The average Bonchev–Trinajstić information content (AvgIpc) is 2.69. The lowest BCUT2D eigenvalue weighted by Gasteiger charge is -2.05. The molecule has 0 radical (unpaired) electrons. The Morgan fingerprint density at radius 2 is 2.18 bits per heavy atom. The van der Waals surface area contributed by atoms with Gasteiger partial charge in [0.2, 0.25) is 0 Å². The monoisotopic (exact) mass is 248 g/mol. The van der Waals surface area contributed by atoms with Crippen LogP contribution in [-0.4, -0.2) is 21.0 Å². The smallest absolute Gasteiger partial charge is 0.144 e. The van der Waals surface area contributed by atoms with Gasteiger partial charge in [0.1, 0.15) is 10.7 Å². The van der Waals surface area contributed by atoms with Crippen molar-refractivity contribution in [3.63, 3.8) is 0 Å². The van der Waals surface area contributed by atoms with Crippen LogP contribution in [0.25, 0.3) is 10.7 Å². The highest BCUT2D eigenvalue weighted by molar-refractivity contribution is 7.15. The van der Waals surface area contributed by atoms with Crippen LogP contribution in [0.4, 0.5) is 0 Å². The molecule has 0 unspecified atom stereocenters. The lowest BCUT2D eigenvalue weighted by Crippen LogP contribution is -2.21. The van der Waals surface area contributed by atoms with Crippen molar-refractivity contribution < 1.29 is 0 Å². The van der Waals surface area contributed by atoms with Crippen LogP contribution in [0.5, 0.6) is 0 Å². The molecule has 0 saturated carbocycles. The van der Waals surface area contributed by atoms with E-state index in [0.717, 1.165) is 22.9 Å². The number of hydrogen-bond acceptors (Lipinski definition) is 5. The van der Waals surface area contributed by atoms with Crippen molar-refractivity contribution >= 4 is 11.3 Å². The molecule has 1 N–H and O–H groups in total. The average molecular weight is 248 g/mol. The molecular formula is C12H16N4S. The molecule has 0 aliphatic rings. The fourth-order valence-electron chi connectivity index (χ4n) is 1.41. The summed E-state index contributed by atoms with van der Waals surface area (Å²) >= 11 is 1.68. The normalized spacial score (nSPS) is 11.1. The first kappa shape index (κ1) is 12.1. The largest absolute Gasteiger partial charge is 0.310 e. The van der Waals surface area contributed by atoms with Gasteiger partial charge in [0.05, 0.1) is 11.9 Å². The van der Waals surface area contributed by atoms with Gasteiger partial charge in [-0.3, -0.25) is 9.97 Å². The zero-order valence-corrected chi connectivity index (χ0v) is 11.1.